The van der Waals surface area contributed by atoms with E-state index in [0.29, 0.717) is 4.77 Å². The number of hydrogen-bond donors (Lipinski definition) is 1. The van der Waals surface area contributed by atoms with E-state index in [1.165, 1.54) is 0 Å². The smallest absolute Gasteiger partial charge is 0.182 e. The summed E-state index contributed by atoms with van der Waals surface area (Å²) in [5, 5.41) is 0.728. The van der Waals surface area contributed by atoms with Crippen LogP contribution in [0, 0.1) is 11.7 Å². The Morgan fingerprint density at radius 1 is 1.44 bits per heavy atom. The Labute approximate surface area is 105 Å². The summed E-state index contributed by atoms with van der Waals surface area (Å²) < 4.78 is 2.75. The van der Waals surface area contributed by atoms with E-state index in [-0.39, 0.29) is 0 Å². The molecule has 0 saturated heterocycles. The molecule has 1 aromatic carbocycles. The Morgan fingerprint density at radius 3 is 2.88 bits per heavy atom. The fraction of sp³-hybridized carbons (Fsp3) is 0.250. The molecule has 0 atom stereocenters. The maximum atomic E-state index is 6.02. The van der Waals surface area contributed by atoms with E-state index in [9.17, 15) is 0 Å². The second kappa shape index (κ2) is 4.44. The molecule has 0 saturated carbocycles. The molecule has 1 aromatic heterocycles. The van der Waals surface area contributed by atoms with Gasteiger partial charge in [0, 0.05) is 16.9 Å². The minimum Gasteiger partial charge on any atom is -0.337 e. The number of benzene rings is 1. The van der Waals surface area contributed by atoms with Crippen LogP contribution in [0.25, 0.3) is 5.69 Å². The van der Waals surface area contributed by atoms with Crippen molar-refractivity contribution in [2.75, 3.05) is 0 Å². The number of hydrogen-bond acceptors (Lipinski definition) is 1. The van der Waals surface area contributed by atoms with Gasteiger partial charge < -0.3 is 4.98 Å². The first-order valence-corrected chi connectivity index (χ1v) is 5.98. The lowest BCUT2D eigenvalue weighted by Gasteiger charge is -2.10. The van der Waals surface area contributed by atoms with Crippen molar-refractivity contribution in [3.8, 4) is 5.69 Å². The minimum atomic E-state index is 0.710. The number of imidazole rings is 1. The largest absolute Gasteiger partial charge is 0.337 e. The van der Waals surface area contributed by atoms with Crippen molar-refractivity contribution in [2.24, 2.45) is 0 Å². The van der Waals surface area contributed by atoms with Gasteiger partial charge in [0.2, 0.25) is 0 Å². The van der Waals surface area contributed by atoms with Gasteiger partial charge in [-0.2, -0.15) is 0 Å². The number of halogens is 1. The highest BCUT2D eigenvalue weighted by Gasteiger charge is 2.07. The van der Waals surface area contributed by atoms with Gasteiger partial charge in [-0.15, -0.1) is 0 Å². The number of rotatable bonds is 2. The van der Waals surface area contributed by atoms with Gasteiger partial charge in [0.25, 0.3) is 0 Å². The van der Waals surface area contributed by atoms with Crippen molar-refractivity contribution < 1.29 is 0 Å². The molecular formula is C12H13ClN2S. The van der Waals surface area contributed by atoms with E-state index in [1.54, 1.807) is 0 Å². The third-order valence-corrected chi connectivity index (χ3v) is 3.16. The van der Waals surface area contributed by atoms with Crippen LogP contribution in [0.2, 0.25) is 5.02 Å². The summed E-state index contributed by atoms with van der Waals surface area (Å²) in [7, 11) is 0. The zero-order chi connectivity index (χ0) is 11.7. The maximum absolute atomic E-state index is 6.02. The molecule has 0 aliphatic heterocycles. The summed E-state index contributed by atoms with van der Waals surface area (Å²) in [6.45, 7) is 4.16. The zero-order valence-electron chi connectivity index (χ0n) is 9.25. The number of aryl methyl sites for hydroxylation is 2. The first-order chi connectivity index (χ1) is 7.63. The molecule has 1 N–H and O–H groups in total. The Bertz CT molecular complexity index is 569. The van der Waals surface area contributed by atoms with Gasteiger partial charge in [-0.05, 0) is 43.3 Å². The Hall–Kier alpha value is -1.06. The van der Waals surface area contributed by atoms with Crippen LogP contribution < -0.4 is 0 Å². The molecule has 0 aliphatic carbocycles. The molecule has 2 rings (SSSR count). The molecule has 4 heteroatoms. The molecule has 84 valence electrons. The highest BCUT2D eigenvalue weighted by molar-refractivity contribution is 7.71. The van der Waals surface area contributed by atoms with Gasteiger partial charge in [-0.1, -0.05) is 24.6 Å². The topological polar surface area (TPSA) is 20.7 Å². The lowest BCUT2D eigenvalue weighted by Crippen LogP contribution is -2.01. The maximum Gasteiger partial charge on any atom is 0.182 e. The van der Waals surface area contributed by atoms with Crippen LogP contribution in [0.1, 0.15) is 18.2 Å². The molecule has 0 aliphatic rings. The van der Waals surface area contributed by atoms with Crippen molar-refractivity contribution in [3.05, 3.63) is 45.4 Å². The van der Waals surface area contributed by atoms with Crippen LogP contribution in [0.4, 0.5) is 0 Å². The van der Waals surface area contributed by atoms with Crippen LogP contribution in [0.5, 0.6) is 0 Å². The first-order valence-electron chi connectivity index (χ1n) is 5.19. The van der Waals surface area contributed by atoms with E-state index >= 15 is 0 Å². The van der Waals surface area contributed by atoms with Gasteiger partial charge >= 0.3 is 0 Å². The van der Waals surface area contributed by atoms with Crippen molar-refractivity contribution in [1.29, 1.82) is 0 Å². The molecule has 0 unspecified atom stereocenters. The lowest BCUT2D eigenvalue weighted by molar-refractivity contribution is 0.915. The van der Waals surface area contributed by atoms with Crippen molar-refractivity contribution in [3.63, 3.8) is 0 Å². The fourth-order valence-corrected chi connectivity index (χ4v) is 2.19. The summed E-state index contributed by atoms with van der Waals surface area (Å²) >= 11 is 11.3. The molecule has 0 radical (unpaired) electrons. The predicted molar refractivity (Wildman–Crippen MR) is 70.1 cm³/mol. The van der Waals surface area contributed by atoms with E-state index in [1.807, 2.05) is 29.0 Å². The second-order valence-corrected chi connectivity index (χ2v) is 4.53. The summed E-state index contributed by atoms with van der Waals surface area (Å²) in [6, 6.07) is 5.84. The number of H-pyrrole nitrogens is 1. The Kier molecular flexibility index (Phi) is 3.17. The molecule has 16 heavy (non-hydrogen) atoms. The third-order valence-electron chi connectivity index (χ3n) is 2.63. The molecule has 2 nitrogen and oxygen atoms in total. The van der Waals surface area contributed by atoms with E-state index in [2.05, 4.69) is 18.8 Å². The molecule has 0 spiro atoms. The average molecular weight is 253 g/mol. The van der Waals surface area contributed by atoms with Gasteiger partial charge in [-0.25, -0.2) is 0 Å². The summed E-state index contributed by atoms with van der Waals surface area (Å²) in [5.41, 5.74) is 3.38. The van der Waals surface area contributed by atoms with Crippen LogP contribution in [-0.4, -0.2) is 9.55 Å². The van der Waals surface area contributed by atoms with Crippen molar-refractivity contribution in [2.45, 2.75) is 20.3 Å². The fourth-order valence-electron chi connectivity index (χ4n) is 1.75. The molecule has 2 aromatic rings. The molecule has 0 fully saturated rings. The van der Waals surface area contributed by atoms with Gasteiger partial charge in [0.1, 0.15) is 0 Å². The predicted octanol–water partition coefficient (Wildman–Crippen LogP) is 4.06. The van der Waals surface area contributed by atoms with E-state index in [0.717, 1.165) is 28.4 Å². The molecular weight excluding hydrogens is 240 g/mol. The van der Waals surface area contributed by atoms with Gasteiger partial charge in [0.15, 0.2) is 4.77 Å². The minimum absolute atomic E-state index is 0.710. The monoisotopic (exact) mass is 252 g/mol. The van der Waals surface area contributed by atoms with Crippen LogP contribution in [-0.2, 0) is 6.42 Å². The normalized spacial score (nSPS) is 10.7. The second-order valence-electron chi connectivity index (χ2n) is 3.70. The highest BCUT2D eigenvalue weighted by Crippen LogP contribution is 2.21. The molecule has 0 bridgehead atoms. The van der Waals surface area contributed by atoms with Crippen molar-refractivity contribution >= 4 is 23.8 Å². The van der Waals surface area contributed by atoms with E-state index in [4.69, 9.17) is 23.8 Å². The zero-order valence-corrected chi connectivity index (χ0v) is 10.8. The Balaban J connectivity index is 2.71. The molecule has 1 heterocycles. The summed E-state index contributed by atoms with van der Waals surface area (Å²) in [6.07, 6.45) is 2.88. The van der Waals surface area contributed by atoms with Crippen LogP contribution >= 0.6 is 23.8 Å². The summed E-state index contributed by atoms with van der Waals surface area (Å²) in [4.78, 5) is 3.07. The standard InChI is InChI=1S/C12H13ClN2S/c1-3-10-7-14-12(16)15(10)11-6-9(13)5-4-8(11)2/h4-7H,3H2,1-2H3,(H,14,16). The number of nitrogens with zero attached hydrogens (tertiary/aromatic N) is 1. The highest BCUT2D eigenvalue weighted by atomic mass is 35.5. The number of aromatic amines is 1. The SMILES string of the molecule is CCc1c[nH]c(=S)n1-c1cc(Cl)ccc1C. The van der Waals surface area contributed by atoms with Gasteiger partial charge in [-0.3, -0.25) is 4.57 Å². The van der Waals surface area contributed by atoms with Gasteiger partial charge in [0.05, 0.1) is 5.69 Å². The van der Waals surface area contributed by atoms with Crippen LogP contribution in [0.3, 0.4) is 0 Å². The summed E-state index contributed by atoms with van der Waals surface area (Å²) in [5.74, 6) is 0. The van der Waals surface area contributed by atoms with Crippen molar-refractivity contribution in [1.82, 2.24) is 9.55 Å². The number of nitrogens with one attached hydrogen (secondary N) is 1. The molecule has 0 amide bonds. The average Bonchev–Trinajstić information content (AvgIpc) is 2.63. The lowest BCUT2D eigenvalue weighted by atomic mass is 10.2. The quantitative estimate of drug-likeness (QED) is 0.800. The third kappa shape index (κ3) is 1.93. The van der Waals surface area contributed by atoms with E-state index < -0.39 is 0 Å². The van der Waals surface area contributed by atoms with Crippen LogP contribution in [0.15, 0.2) is 24.4 Å². The number of aromatic nitrogens is 2. The first kappa shape index (κ1) is 11.4. The Morgan fingerprint density at radius 2 is 2.19 bits per heavy atom.